The van der Waals surface area contributed by atoms with Crippen LogP contribution in [0.3, 0.4) is 0 Å². The Labute approximate surface area is 124 Å². The highest BCUT2D eigenvalue weighted by Gasteiger charge is 2.34. The smallest absolute Gasteiger partial charge is 0.0116 e. The van der Waals surface area contributed by atoms with Crippen molar-refractivity contribution in [1.82, 2.24) is 10.2 Å². The van der Waals surface area contributed by atoms with Crippen LogP contribution in [-0.2, 0) is 0 Å². The Bertz CT molecular complexity index is 266. The van der Waals surface area contributed by atoms with E-state index in [1.807, 2.05) is 0 Å². The molecule has 0 unspecified atom stereocenters. The van der Waals surface area contributed by atoms with E-state index in [4.69, 9.17) is 0 Å². The van der Waals surface area contributed by atoms with E-state index in [2.05, 4.69) is 42.9 Å². The van der Waals surface area contributed by atoms with Crippen molar-refractivity contribution in [3.63, 3.8) is 0 Å². The first kappa shape index (κ1) is 15.7. The average Bonchev–Trinajstić information content (AvgIpc) is 2.52. The zero-order valence-corrected chi connectivity index (χ0v) is 14.0. The topological polar surface area (TPSA) is 15.3 Å². The van der Waals surface area contributed by atoms with Crippen LogP contribution >= 0.6 is 11.8 Å². The van der Waals surface area contributed by atoms with Crippen molar-refractivity contribution >= 4 is 11.8 Å². The molecular formula is C16H32N2S. The highest BCUT2D eigenvalue weighted by Crippen LogP contribution is 2.38. The summed E-state index contributed by atoms with van der Waals surface area (Å²) in [5.74, 6) is 1.31. The monoisotopic (exact) mass is 284 g/mol. The van der Waals surface area contributed by atoms with Gasteiger partial charge in [-0.3, -0.25) is 0 Å². The zero-order valence-electron chi connectivity index (χ0n) is 13.1. The fourth-order valence-corrected chi connectivity index (χ4v) is 4.90. The van der Waals surface area contributed by atoms with Crippen LogP contribution in [0.15, 0.2) is 0 Å². The molecule has 1 saturated carbocycles. The average molecular weight is 285 g/mol. The molecule has 2 aliphatic rings. The minimum Gasteiger partial charge on any atom is -0.319 e. The van der Waals surface area contributed by atoms with Gasteiger partial charge in [-0.25, -0.2) is 0 Å². The molecule has 1 saturated heterocycles. The molecule has 2 rings (SSSR count). The lowest BCUT2D eigenvalue weighted by molar-refractivity contribution is 0.107. The van der Waals surface area contributed by atoms with Crippen LogP contribution in [0.4, 0.5) is 0 Å². The van der Waals surface area contributed by atoms with Crippen molar-refractivity contribution in [2.45, 2.75) is 57.1 Å². The van der Waals surface area contributed by atoms with Gasteiger partial charge in [0.15, 0.2) is 0 Å². The molecule has 1 aliphatic heterocycles. The summed E-state index contributed by atoms with van der Waals surface area (Å²) < 4.78 is 0.484. The van der Waals surface area contributed by atoms with E-state index in [0.717, 1.165) is 0 Å². The van der Waals surface area contributed by atoms with Crippen LogP contribution < -0.4 is 5.32 Å². The fraction of sp³-hybridized carbons (Fsp3) is 1.00. The number of hydrogen-bond acceptors (Lipinski definition) is 3. The SMILES string of the molecule is CNCC1(CN2CCSC(C)(C)CC2)CCCCC1. The second-order valence-corrected chi connectivity index (χ2v) is 9.03. The minimum absolute atomic E-state index is 0.484. The van der Waals surface area contributed by atoms with Crippen LogP contribution in [0.1, 0.15) is 52.4 Å². The molecular weight excluding hydrogens is 252 g/mol. The Morgan fingerprint density at radius 3 is 2.47 bits per heavy atom. The Morgan fingerprint density at radius 1 is 1.05 bits per heavy atom. The van der Waals surface area contributed by atoms with Gasteiger partial charge in [-0.05, 0) is 38.3 Å². The largest absolute Gasteiger partial charge is 0.319 e. The van der Waals surface area contributed by atoms with Crippen molar-refractivity contribution in [3.05, 3.63) is 0 Å². The van der Waals surface area contributed by atoms with Gasteiger partial charge in [-0.1, -0.05) is 33.1 Å². The first-order chi connectivity index (χ1) is 9.05. The lowest BCUT2D eigenvalue weighted by atomic mass is 9.73. The lowest BCUT2D eigenvalue weighted by Gasteiger charge is -2.41. The van der Waals surface area contributed by atoms with Crippen molar-refractivity contribution in [3.8, 4) is 0 Å². The second-order valence-electron chi connectivity index (χ2n) is 7.23. The molecule has 2 fully saturated rings. The third kappa shape index (κ3) is 4.64. The standard InChI is InChI=1S/C16H32N2S/c1-15(2)9-10-18(11-12-19-15)14-16(13-17-3)7-5-4-6-8-16/h17H,4-14H2,1-3H3. The Kier molecular flexibility index (Phi) is 5.62. The maximum Gasteiger partial charge on any atom is 0.0116 e. The van der Waals surface area contributed by atoms with Crippen LogP contribution in [-0.4, -0.2) is 48.6 Å². The third-order valence-electron chi connectivity index (χ3n) is 4.96. The number of hydrogen-bond donors (Lipinski definition) is 1. The van der Waals surface area contributed by atoms with Crippen molar-refractivity contribution in [1.29, 1.82) is 0 Å². The van der Waals surface area contributed by atoms with Crippen LogP contribution in [0.2, 0.25) is 0 Å². The third-order valence-corrected chi connectivity index (χ3v) is 6.33. The Balaban J connectivity index is 1.93. The van der Waals surface area contributed by atoms with Gasteiger partial charge in [-0.2, -0.15) is 11.8 Å². The van der Waals surface area contributed by atoms with Crippen molar-refractivity contribution in [2.24, 2.45) is 5.41 Å². The molecule has 1 heterocycles. The molecule has 0 bridgehead atoms. The normalized spacial score (nSPS) is 27.9. The van der Waals surface area contributed by atoms with E-state index in [-0.39, 0.29) is 0 Å². The molecule has 0 radical (unpaired) electrons. The minimum atomic E-state index is 0.484. The quantitative estimate of drug-likeness (QED) is 0.852. The van der Waals surface area contributed by atoms with E-state index in [9.17, 15) is 0 Å². The predicted octanol–water partition coefficient (Wildman–Crippen LogP) is 3.37. The summed E-state index contributed by atoms with van der Waals surface area (Å²) in [6.07, 6.45) is 8.54. The van der Waals surface area contributed by atoms with Gasteiger partial charge in [0.2, 0.25) is 0 Å². The molecule has 1 N–H and O–H groups in total. The first-order valence-electron chi connectivity index (χ1n) is 8.06. The van der Waals surface area contributed by atoms with Gasteiger partial charge in [-0.15, -0.1) is 0 Å². The Hall–Kier alpha value is 0.270. The highest BCUT2D eigenvalue weighted by atomic mass is 32.2. The first-order valence-corrected chi connectivity index (χ1v) is 9.05. The van der Waals surface area contributed by atoms with Crippen LogP contribution in [0, 0.1) is 5.41 Å². The summed E-state index contributed by atoms with van der Waals surface area (Å²) >= 11 is 2.16. The summed E-state index contributed by atoms with van der Waals surface area (Å²) in [4.78, 5) is 2.75. The number of rotatable bonds is 4. The summed E-state index contributed by atoms with van der Waals surface area (Å²) in [6.45, 7) is 9.94. The molecule has 2 nitrogen and oxygen atoms in total. The molecule has 3 heteroatoms. The van der Waals surface area contributed by atoms with E-state index < -0.39 is 0 Å². The van der Waals surface area contributed by atoms with E-state index in [1.165, 1.54) is 70.5 Å². The van der Waals surface area contributed by atoms with Crippen LogP contribution in [0.5, 0.6) is 0 Å². The maximum atomic E-state index is 3.47. The van der Waals surface area contributed by atoms with Crippen LogP contribution in [0.25, 0.3) is 0 Å². The van der Waals surface area contributed by atoms with E-state index >= 15 is 0 Å². The number of nitrogens with one attached hydrogen (secondary N) is 1. The van der Waals surface area contributed by atoms with Gasteiger partial charge in [0.1, 0.15) is 0 Å². The van der Waals surface area contributed by atoms with Gasteiger partial charge < -0.3 is 10.2 Å². The van der Waals surface area contributed by atoms with Crippen molar-refractivity contribution < 1.29 is 0 Å². The molecule has 0 spiro atoms. The Morgan fingerprint density at radius 2 is 1.79 bits per heavy atom. The van der Waals surface area contributed by atoms with Crippen molar-refractivity contribution in [2.75, 3.05) is 39.0 Å². The summed E-state index contributed by atoms with van der Waals surface area (Å²) in [5, 5.41) is 3.47. The number of nitrogens with zero attached hydrogens (tertiary/aromatic N) is 1. The summed E-state index contributed by atoms with van der Waals surface area (Å²) in [7, 11) is 2.12. The zero-order chi connectivity index (χ0) is 13.8. The lowest BCUT2D eigenvalue weighted by Crippen LogP contribution is -2.45. The van der Waals surface area contributed by atoms with Gasteiger partial charge in [0.05, 0.1) is 0 Å². The maximum absolute atomic E-state index is 3.47. The van der Waals surface area contributed by atoms with Gasteiger partial charge in [0.25, 0.3) is 0 Å². The van der Waals surface area contributed by atoms with Gasteiger partial charge >= 0.3 is 0 Å². The van der Waals surface area contributed by atoms with E-state index in [0.29, 0.717) is 10.2 Å². The molecule has 19 heavy (non-hydrogen) atoms. The highest BCUT2D eigenvalue weighted by molar-refractivity contribution is 8.00. The molecule has 112 valence electrons. The molecule has 0 aromatic rings. The summed E-state index contributed by atoms with van der Waals surface area (Å²) in [6, 6.07) is 0. The second kappa shape index (κ2) is 6.82. The van der Waals surface area contributed by atoms with Gasteiger partial charge in [0, 0.05) is 30.1 Å². The number of thioether (sulfide) groups is 1. The molecule has 1 aliphatic carbocycles. The summed E-state index contributed by atoms with van der Waals surface area (Å²) in [5.41, 5.74) is 0.562. The molecule has 0 aromatic carbocycles. The fourth-order valence-electron chi connectivity index (χ4n) is 3.76. The molecule has 0 amide bonds. The van der Waals surface area contributed by atoms with E-state index in [1.54, 1.807) is 0 Å². The molecule has 0 aromatic heterocycles. The predicted molar refractivity (Wildman–Crippen MR) is 87.0 cm³/mol. The molecule has 0 atom stereocenters.